The van der Waals surface area contributed by atoms with E-state index in [1.54, 1.807) is 13.2 Å². The SMILES string of the molecule is COCc1cc(C)cc(O)c1C=O.COCc1cc(O)cc(O)c1C=O. The fraction of sp³-hybridized carbons (Fsp3) is 0.263. The van der Waals surface area contributed by atoms with Gasteiger partial charge in [0.2, 0.25) is 0 Å². The molecule has 2 aromatic carbocycles. The first kappa shape index (κ1) is 21.1. The molecule has 0 amide bonds. The Bertz CT molecular complexity index is 703. The summed E-state index contributed by atoms with van der Waals surface area (Å²) >= 11 is 0. The predicted molar refractivity (Wildman–Crippen MR) is 94.8 cm³/mol. The van der Waals surface area contributed by atoms with Crippen LogP contribution < -0.4 is 0 Å². The van der Waals surface area contributed by atoms with Crippen molar-refractivity contribution in [1.29, 1.82) is 0 Å². The lowest BCUT2D eigenvalue weighted by atomic mass is 10.0. The van der Waals surface area contributed by atoms with Gasteiger partial charge in [-0.2, -0.15) is 0 Å². The molecule has 2 rings (SSSR count). The van der Waals surface area contributed by atoms with Gasteiger partial charge in [-0.15, -0.1) is 0 Å². The number of hydrogen-bond donors (Lipinski definition) is 3. The van der Waals surface area contributed by atoms with Crippen LogP contribution in [0, 0.1) is 6.92 Å². The maximum absolute atomic E-state index is 10.6. The fourth-order valence-corrected chi connectivity index (χ4v) is 2.35. The zero-order valence-corrected chi connectivity index (χ0v) is 14.9. The molecule has 0 saturated heterocycles. The van der Waals surface area contributed by atoms with E-state index >= 15 is 0 Å². The summed E-state index contributed by atoms with van der Waals surface area (Å²) in [6, 6.07) is 5.88. The third-order valence-electron chi connectivity index (χ3n) is 3.45. The maximum Gasteiger partial charge on any atom is 0.154 e. The standard InChI is InChI=1S/C10H12O3.C9H10O4/c1-7-3-8(6-13-2)9(5-11)10(12)4-7;1-13-5-6-2-7(11)3-9(12)8(6)4-10/h3-5,12H,6H2,1-2H3;2-4,11-12H,5H2,1H3. The predicted octanol–water partition coefficient (Wildman–Crippen LogP) is 2.72. The van der Waals surface area contributed by atoms with Gasteiger partial charge in [0, 0.05) is 20.3 Å². The van der Waals surface area contributed by atoms with Gasteiger partial charge in [-0.25, -0.2) is 0 Å². The summed E-state index contributed by atoms with van der Waals surface area (Å²) in [5.74, 6) is -0.306. The molecule has 0 saturated carbocycles. The van der Waals surface area contributed by atoms with Crippen molar-refractivity contribution >= 4 is 12.6 Å². The molecule has 7 heteroatoms. The van der Waals surface area contributed by atoms with Crippen molar-refractivity contribution in [3.05, 3.63) is 52.1 Å². The van der Waals surface area contributed by atoms with E-state index in [0.29, 0.717) is 30.3 Å². The van der Waals surface area contributed by atoms with E-state index in [9.17, 15) is 19.8 Å². The van der Waals surface area contributed by atoms with Crippen LogP contribution in [-0.2, 0) is 22.7 Å². The van der Waals surface area contributed by atoms with Gasteiger partial charge in [-0.3, -0.25) is 9.59 Å². The number of carbonyl (C=O) groups is 2. The Morgan fingerprint density at radius 1 is 0.808 bits per heavy atom. The van der Waals surface area contributed by atoms with Crippen molar-refractivity contribution in [3.63, 3.8) is 0 Å². The molecule has 0 radical (unpaired) electrons. The third kappa shape index (κ3) is 5.58. The molecule has 0 unspecified atom stereocenters. The number of rotatable bonds is 6. The number of methoxy groups -OCH3 is 2. The van der Waals surface area contributed by atoms with E-state index in [4.69, 9.17) is 14.6 Å². The van der Waals surface area contributed by atoms with Crippen molar-refractivity contribution in [1.82, 2.24) is 0 Å². The topological polar surface area (TPSA) is 113 Å². The van der Waals surface area contributed by atoms with E-state index in [0.717, 1.165) is 17.2 Å². The molecule has 140 valence electrons. The summed E-state index contributed by atoms with van der Waals surface area (Å²) in [4.78, 5) is 21.2. The minimum absolute atomic E-state index is 0.0158. The Morgan fingerprint density at radius 2 is 1.27 bits per heavy atom. The zero-order valence-electron chi connectivity index (χ0n) is 14.9. The van der Waals surface area contributed by atoms with Gasteiger partial charge >= 0.3 is 0 Å². The molecular formula is C19H22O7. The van der Waals surface area contributed by atoms with Crippen molar-refractivity contribution in [2.24, 2.45) is 0 Å². The van der Waals surface area contributed by atoms with Gasteiger partial charge in [0.05, 0.1) is 24.3 Å². The Balaban J connectivity index is 0.000000260. The van der Waals surface area contributed by atoms with Crippen LogP contribution in [0.25, 0.3) is 0 Å². The maximum atomic E-state index is 10.6. The largest absolute Gasteiger partial charge is 0.508 e. The summed E-state index contributed by atoms with van der Waals surface area (Å²) < 4.78 is 9.71. The number of aromatic hydroxyl groups is 3. The molecule has 0 bridgehead atoms. The quantitative estimate of drug-likeness (QED) is 0.677. The molecule has 2 aromatic rings. The van der Waals surface area contributed by atoms with Gasteiger partial charge in [-0.1, -0.05) is 6.07 Å². The number of aryl methyl sites for hydroxylation is 1. The van der Waals surface area contributed by atoms with Gasteiger partial charge in [0.25, 0.3) is 0 Å². The summed E-state index contributed by atoms with van der Waals surface area (Å²) in [7, 11) is 3.02. The zero-order chi connectivity index (χ0) is 19.7. The van der Waals surface area contributed by atoms with Crippen molar-refractivity contribution in [2.75, 3.05) is 14.2 Å². The Hall–Kier alpha value is -2.90. The molecule has 0 aliphatic heterocycles. The van der Waals surface area contributed by atoms with Crippen LogP contribution in [0.2, 0.25) is 0 Å². The van der Waals surface area contributed by atoms with Gasteiger partial charge in [0.1, 0.15) is 17.2 Å². The van der Waals surface area contributed by atoms with Crippen LogP contribution in [0.1, 0.15) is 37.4 Å². The summed E-state index contributed by atoms with van der Waals surface area (Å²) in [5, 5.41) is 27.8. The lowest BCUT2D eigenvalue weighted by molar-refractivity contribution is 0.110. The molecule has 0 spiro atoms. The number of hydrogen-bond acceptors (Lipinski definition) is 7. The second kappa shape index (κ2) is 10.2. The molecule has 0 fully saturated rings. The molecule has 0 aliphatic carbocycles. The van der Waals surface area contributed by atoms with Crippen molar-refractivity contribution in [2.45, 2.75) is 20.1 Å². The van der Waals surface area contributed by atoms with Gasteiger partial charge < -0.3 is 24.8 Å². The van der Waals surface area contributed by atoms with Crippen LogP contribution in [0.15, 0.2) is 24.3 Å². The molecule has 26 heavy (non-hydrogen) atoms. The minimum atomic E-state index is -0.234. The van der Waals surface area contributed by atoms with Crippen LogP contribution in [0.4, 0.5) is 0 Å². The van der Waals surface area contributed by atoms with E-state index in [1.165, 1.54) is 13.2 Å². The first-order chi connectivity index (χ1) is 12.4. The van der Waals surface area contributed by atoms with Crippen LogP contribution in [0.3, 0.4) is 0 Å². The highest BCUT2D eigenvalue weighted by Crippen LogP contribution is 2.26. The summed E-state index contributed by atoms with van der Waals surface area (Å²) in [6.45, 7) is 2.37. The van der Waals surface area contributed by atoms with E-state index < -0.39 is 0 Å². The number of phenolic OH excluding ortho intramolecular Hbond substituents is 3. The summed E-state index contributed by atoms with van der Waals surface area (Å²) in [6.07, 6.45) is 1.17. The first-order valence-electron chi connectivity index (χ1n) is 7.63. The van der Waals surface area contributed by atoms with E-state index in [2.05, 4.69) is 0 Å². The molecule has 7 nitrogen and oxygen atoms in total. The monoisotopic (exact) mass is 362 g/mol. The Kier molecular flexibility index (Phi) is 8.27. The number of benzene rings is 2. The molecule has 0 atom stereocenters. The second-order valence-corrected chi connectivity index (χ2v) is 5.50. The average molecular weight is 362 g/mol. The highest BCUT2D eigenvalue weighted by atomic mass is 16.5. The van der Waals surface area contributed by atoms with Gasteiger partial charge in [-0.05, 0) is 35.7 Å². The van der Waals surface area contributed by atoms with Crippen LogP contribution >= 0.6 is 0 Å². The van der Waals surface area contributed by atoms with Crippen LogP contribution in [-0.4, -0.2) is 42.1 Å². The lowest BCUT2D eigenvalue weighted by Gasteiger charge is -2.06. The number of aldehydes is 2. The van der Waals surface area contributed by atoms with E-state index in [1.807, 2.05) is 13.0 Å². The van der Waals surface area contributed by atoms with Crippen molar-refractivity contribution in [3.8, 4) is 17.2 Å². The average Bonchev–Trinajstić information content (AvgIpc) is 2.55. The van der Waals surface area contributed by atoms with Gasteiger partial charge in [0.15, 0.2) is 12.6 Å². The normalized spacial score (nSPS) is 9.96. The smallest absolute Gasteiger partial charge is 0.154 e. The third-order valence-corrected chi connectivity index (χ3v) is 3.45. The molecule has 3 N–H and O–H groups in total. The van der Waals surface area contributed by atoms with Crippen LogP contribution in [0.5, 0.6) is 17.2 Å². The van der Waals surface area contributed by atoms with E-state index in [-0.39, 0.29) is 29.4 Å². The Morgan fingerprint density at radius 3 is 1.73 bits per heavy atom. The highest BCUT2D eigenvalue weighted by molar-refractivity contribution is 5.82. The lowest BCUT2D eigenvalue weighted by Crippen LogP contribution is -1.96. The highest BCUT2D eigenvalue weighted by Gasteiger charge is 2.09. The first-order valence-corrected chi connectivity index (χ1v) is 7.63. The Labute approximate surface area is 151 Å². The molecule has 0 heterocycles. The number of carbonyl (C=O) groups excluding carboxylic acids is 2. The fourth-order valence-electron chi connectivity index (χ4n) is 2.35. The number of phenols is 3. The molecular weight excluding hydrogens is 340 g/mol. The summed E-state index contributed by atoms with van der Waals surface area (Å²) in [5.41, 5.74) is 2.56. The second-order valence-electron chi connectivity index (χ2n) is 5.50. The molecule has 0 aliphatic rings. The van der Waals surface area contributed by atoms with Crippen molar-refractivity contribution < 1.29 is 34.4 Å². The number of ether oxygens (including phenoxy) is 2. The minimum Gasteiger partial charge on any atom is -0.508 e. The molecule has 0 aromatic heterocycles.